The predicted molar refractivity (Wildman–Crippen MR) is 97.9 cm³/mol. The Morgan fingerprint density at radius 3 is 2.38 bits per heavy atom. The Bertz CT molecular complexity index is 795. The largest absolute Gasteiger partial charge is 0.508 e. The molecule has 0 aliphatic rings. The summed E-state index contributed by atoms with van der Waals surface area (Å²) in [6.45, 7) is 1.49. The molecule has 2 aromatic rings. The first-order chi connectivity index (χ1) is 12.3. The molecule has 0 fully saturated rings. The Hall–Kier alpha value is -2.44. The zero-order chi connectivity index (χ0) is 19.3. The van der Waals surface area contributed by atoms with Gasteiger partial charge in [-0.1, -0.05) is 35.3 Å². The van der Waals surface area contributed by atoms with Crippen LogP contribution >= 0.6 is 23.2 Å². The number of hydrogen-bond donors (Lipinski definition) is 3. The van der Waals surface area contributed by atoms with Gasteiger partial charge in [-0.2, -0.15) is 0 Å². The summed E-state index contributed by atoms with van der Waals surface area (Å²) >= 11 is 11.8. The lowest BCUT2D eigenvalue weighted by Crippen LogP contribution is -2.47. The molecule has 0 heterocycles. The van der Waals surface area contributed by atoms with Crippen molar-refractivity contribution in [2.24, 2.45) is 0 Å². The molecule has 0 saturated carbocycles. The summed E-state index contributed by atoms with van der Waals surface area (Å²) in [6.07, 6.45) is -0.897. The Morgan fingerprint density at radius 2 is 1.81 bits per heavy atom. The normalized spacial score (nSPS) is 12.9. The van der Waals surface area contributed by atoms with Gasteiger partial charge < -0.3 is 20.3 Å². The number of phenolic OH excluding ortho intramolecular Hbond substituents is 1. The number of carboxylic acids is 1. The van der Waals surface area contributed by atoms with Crippen molar-refractivity contribution in [3.05, 3.63) is 58.1 Å². The number of rotatable bonds is 7. The van der Waals surface area contributed by atoms with Crippen LogP contribution in [0.2, 0.25) is 10.0 Å². The van der Waals surface area contributed by atoms with Gasteiger partial charge in [0.25, 0.3) is 5.91 Å². The molecular weight excluding hydrogens is 381 g/mol. The molecule has 138 valence electrons. The predicted octanol–water partition coefficient (Wildman–Crippen LogP) is 3.28. The van der Waals surface area contributed by atoms with Crippen molar-refractivity contribution in [2.75, 3.05) is 0 Å². The highest BCUT2D eigenvalue weighted by Gasteiger charge is 2.24. The third kappa shape index (κ3) is 5.54. The fraction of sp³-hybridized carbons (Fsp3) is 0.222. The first kappa shape index (κ1) is 19.9. The lowest BCUT2D eigenvalue weighted by molar-refractivity contribution is -0.142. The van der Waals surface area contributed by atoms with Crippen molar-refractivity contribution in [3.63, 3.8) is 0 Å². The molecule has 0 radical (unpaired) electrons. The number of carbonyl (C=O) groups excluding carboxylic acids is 1. The second-order valence-corrected chi connectivity index (χ2v) is 6.45. The fourth-order valence-corrected chi connectivity index (χ4v) is 2.62. The average molecular weight is 398 g/mol. The van der Waals surface area contributed by atoms with E-state index in [1.807, 2.05) is 0 Å². The molecule has 0 saturated heterocycles. The van der Waals surface area contributed by atoms with Crippen LogP contribution in [0, 0.1) is 0 Å². The SMILES string of the molecule is C[C@H](Oc1ccc(Cl)cc1Cl)C(=O)N[C@@H](Cc1ccc(O)cc1)C(=O)O. The average Bonchev–Trinajstić information content (AvgIpc) is 2.58. The Labute approximate surface area is 160 Å². The third-order valence-corrected chi connectivity index (χ3v) is 4.09. The molecule has 26 heavy (non-hydrogen) atoms. The third-order valence-electron chi connectivity index (χ3n) is 3.56. The van der Waals surface area contributed by atoms with E-state index in [-0.39, 0.29) is 22.9 Å². The molecular formula is C18H17Cl2NO5. The van der Waals surface area contributed by atoms with Crippen LogP contribution < -0.4 is 10.1 Å². The maximum atomic E-state index is 12.3. The van der Waals surface area contributed by atoms with Gasteiger partial charge in [0.15, 0.2) is 6.10 Å². The van der Waals surface area contributed by atoms with Gasteiger partial charge >= 0.3 is 5.97 Å². The number of aliphatic carboxylic acids is 1. The minimum Gasteiger partial charge on any atom is -0.508 e. The van der Waals surface area contributed by atoms with Crippen molar-refractivity contribution >= 4 is 35.1 Å². The molecule has 0 aliphatic carbocycles. The maximum Gasteiger partial charge on any atom is 0.326 e. The van der Waals surface area contributed by atoms with E-state index in [0.29, 0.717) is 10.6 Å². The zero-order valence-electron chi connectivity index (χ0n) is 13.8. The summed E-state index contributed by atoms with van der Waals surface area (Å²) in [6, 6.07) is 9.51. The summed E-state index contributed by atoms with van der Waals surface area (Å²) < 4.78 is 5.48. The minimum atomic E-state index is -1.18. The summed E-state index contributed by atoms with van der Waals surface area (Å²) in [5, 5.41) is 21.7. The number of halogens is 2. The number of ether oxygens (including phenoxy) is 1. The van der Waals surface area contributed by atoms with Crippen LogP contribution in [0.4, 0.5) is 0 Å². The topological polar surface area (TPSA) is 95.9 Å². The van der Waals surface area contributed by atoms with E-state index in [0.717, 1.165) is 0 Å². The lowest BCUT2D eigenvalue weighted by Gasteiger charge is -2.19. The van der Waals surface area contributed by atoms with Gasteiger partial charge in [-0.25, -0.2) is 4.79 Å². The van der Waals surface area contributed by atoms with Gasteiger partial charge in [0.2, 0.25) is 0 Å². The number of carbonyl (C=O) groups is 2. The second kappa shape index (κ2) is 8.78. The summed E-state index contributed by atoms with van der Waals surface area (Å²) in [5.74, 6) is -1.43. The van der Waals surface area contributed by atoms with Crippen molar-refractivity contribution in [1.29, 1.82) is 0 Å². The number of benzene rings is 2. The number of hydrogen-bond acceptors (Lipinski definition) is 4. The quantitative estimate of drug-likeness (QED) is 0.665. The number of amides is 1. The summed E-state index contributed by atoms with van der Waals surface area (Å²) in [7, 11) is 0. The van der Waals surface area contributed by atoms with Gasteiger partial charge in [0.1, 0.15) is 17.5 Å². The highest BCUT2D eigenvalue weighted by atomic mass is 35.5. The molecule has 3 N–H and O–H groups in total. The first-order valence-corrected chi connectivity index (χ1v) is 8.44. The number of carboxylic acid groups (broad SMARTS) is 1. The van der Waals surface area contributed by atoms with E-state index in [1.54, 1.807) is 18.2 Å². The molecule has 1 amide bonds. The Kier molecular flexibility index (Phi) is 6.71. The second-order valence-electron chi connectivity index (χ2n) is 5.60. The molecule has 2 rings (SSSR count). The van der Waals surface area contributed by atoms with Crippen molar-refractivity contribution in [1.82, 2.24) is 5.32 Å². The van der Waals surface area contributed by atoms with Crippen molar-refractivity contribution in [2.45, 2.75) is 25.5 Å². The fourth-order valence-electron chi connectivity index (χ4n) is 2.17. The first-order valence-electron chi connectivity index (χ1n) is 7.69. The number of aromatic hydroxyl groups is 1. The van der Waals surface area contributed by atoms with Gasteiger partial charge in [0.05, 0.1) is 5.02 Å². The number of phenols is 1. The van der Waals surface area contributed by atoms with E-state index in [4.69, 9.17) is 27.9 Å². The number of nitrogens with one attached hydrogen (secondary N) is 1. The van der Waals surface area contributed by atoms with Crippen molar-refractivity contribution < 1.29 is 24.5 Å². The van der Waals surface area contributed by atoms with Crippen molar-refractivity contribution in [3.8, 4) is 11.5 Å². The van der Waals surface area contributed by atoms with Crippen LogP contribution in [0.3, 0.4) is 0 Å². The van der Waals surface area contributed by atoms with E-state index in [2.05, 4.69) is 5.32 Å². The van der Waals surface area contributed by atoms with Gasteiger partial charge in [-0.15, -0.1) is 0 Å². The maximum absolute atomic E-state index is 12.3. The van der Waals surface area contributed by atoms with Gasteiger partial charge in [0, 0.05) is 11.4 Å². The monoisotopic (exact) mass is 397 g/mol. The Morgan fingerprint density at radius 1 is 1.15 bits per heavy atom. The van der Waals surface area contributed by atoms with Crippen LogP contribution in [0.1, 0.15) is 12.5 Å². The minimum absolute atomic E-state index is 0.0653. The summed E-state index contributed by atoms with van der Waals surface area (Å²) in [5.41, 5.74) is 0.657. The van der Waals surface area contributed by atoms with E-state index in [9.17, 15) is 19.8 Å². The highest BCUT2D eigenvalue weighted by Crippen LogP contribution is 2.28. The molecule has 0 spiro atoms. The van der Waals surface area contributed by atoms with Gasteiger partial charge in [-0.05, 0) is 42.8 Å². The zero-order valence-corrected chi connectivity index (χ0v) is 15.3. The lowest BCUT2D eigenvalue weighted by atomic mass is 10.1. The van der Waals surface area contributed by atoms with Crippen LogP contribution in [0.5, 0.6) is 11.5 Å². The molecule has 6 nitrogen and oxygen atoms in total. The van der Waals surface area contributed by atoms with Crippen LogP contribution in [0.25, 0.3) is 0 Å². The van der Waals surface area contributed by atoms with E-state index >= 15 is 0 Å². The molecule has 0 aliphatic heterocycles. The van der Waals surface area contributed by atoms with Gasteiger partial charge in [-0.3, -0.25) is 4.79 Å². The highest BCUT2D eigenvalue weighted by molar-refractivity contribution is 6.35. The molecule has 8 heteroatoms. The molecule has 2 aromatic carbocycles. The smallest absolute Gasteiger partial charge is 0.326 e. The Balaban J connectivity index is 2.01. The van der Waals surface area contributed by atoms with Crippen LogP contribution in [0.15, 0.2) is 42.5 Å². The molecule has 0 unspecified atom stereocenters. The van der Waals surface area contributed by atoms with E-state index in [1.165, 1.54) is 31.2 Å². The molecule has 0 aromatic heterocycles. The standard InChI is InChI=1S/C18H17Cl2NO5/c1-10(26-16-7-4-12(19)9-14(16)20)17(23)21-15(18(24)25)8-11-2-5-13(22)6-3-11/h2-7,9-10,15,22H,8H2,1H3,(H,21,23)(H,24,25)/t10-,15-/m0/s1. The molecule has 0 bridgehead atoms. The van der Waals surface area contributed by atoms with E-state index < -0.39 is 24.0 Å². The molecule has 2 atom stereocenters. The van der Waals surface area contributed by atoms with Crippen LogP contribution in [-0.4, -0.2) is 34.2 Å². The summed E-state index contributed by atoms with van der Waals surface area (Å²) in [4.78, 5) is 23.7. The van der Waals surface area contributed by atoms with Crippen LogP contribution in [-0.2, 0) is 16.0 Å².